The molecule has 0 atom stereocenters. The van der Waals surface area contributed by atoms with Crippen LogP contribution < -0.4 is 4.74 Å². The quantitative estimate of drug-likeness (QED) is 0.906. The minimum Gasteiger partial charge on any atom is -0.503 e. The molecule has 0 spiro atoms. The van der Waals surface area contributed by atoms with Crippen molar-refractivity contribution in [3.63, 3.8) is 0 Å². The van der Waals surface area contributed by atoms with Crippen LogP contribution in [-0.2, 0) is 0 Å². The Morgan fingerprint density at radius 2 is 2.00 bits per heavy atom. The zero-order valence-corrected chi connectivity index (χ0v) is 10.3. The number of ether oxygens (including phenoxy) is 1. The van der Waals surface area contributed by atoms with Crippen molar-refractivity contribution in [2.45, 2.75) is 6.92 Å². The summed E-state index contributed by atoms with van der Waals surface area (Å²) in [7, 11) is 0. The molecule has 88 valence electrons. The van der Waals surface area contributed by atoms with Gasteiger partial charge in [-0.05, 0) is 18.6 Å². The Bertz CT molecular complexity index is 541. The van der Waals surface area contributed by atoms with Crippen molar-refractivity contribution >= 4 is 23.2 Å². The van der Waals surface area contributed by atoms with Crippen molar-refractivity contribution in [1.82, 2.24) is 10.2 Å². The summed E-state index contributed by atoms with van der Waals surface area (Å²) < 4.78 is 5.41. The summed E-state index contributed by atoms with van der Waals surface area (Å²) in [5.74, 6) is 0.205. The number of aromatic hydroxyl groups is 1. The molecule has 1 aromatic carbocycles. The molecule has 0 saturated heterocycles. The van der Waals surface area contributed by atoms with E-state index in [4.69, 9.17) is 27.9 Å². The van der Waals surface area contributed by atoms with E-state index in [2.05, 4.69) is 10.2 Å². The standard InChI is InChI=1S/C11H8Cl2N2O2/c1-6-3-2-4-7(12)10(6)17-11-8(16)5-9(13)14-15-11/h2-5H,1H3,(H,14,16). The third kappa shape index (κ3) is 2.60. The first-order valence-electron chi connectivity index (χ1n) is 4.73. The van der Waals surface area contributed by atoms with Gasteiger partial charge >= 0.3 is 0 Å². The molecule has 0 bridgehead atoms. The van der Waals surface area contributed by atoms with Crippen molar-refractivity contribution in [1.29, 1.82) is 0 Å². The first-order valence-corrected chi connectivity index (χ1v) is 5.48. The van der Waals surface area contributed by atoms with E-state index in [1.807, 2.05) is 13.0 Å². The molecule has 0 aliphatic heterocycles. The zero-order chi connectivity index (χ0) is 12.4. The highest BCUT2D eigenvalue weighted by molar-refractivity contribution is 6.32. The second kappa shape index (κ2) is 4.77. The molecular formula is C11H8Cl2N2O2. The number of nitrogens with zero attached hydrogens (tertiary/aromatic N) is 2. The summed E-state index contributed by atoms with van der Waals surface area (Å²) in [5.41, 5.74) is 0.827. The molecule has 2 aromatic rings. The van der Waals surface area contributed by atoms with E-state index in [1.165, 1.54) is 6.07 Å². The van der Waals surface area contributed by atoms with Crippen molar-refractivity contribution < 1.29 is 9.84 Å². The molecule has 1 heterocycles. The second-order valence-corrected chi connectivity index (χ2v) is 4.14. The third-order valence-electron chi connectivity index (χ3n) is 2.07. The summed E-state index contributed by atoms with van der Waals surface area (Å²) in [5, 5.41) is 17.3. The van der Waals surface area contributed by atoms with Crippen molar-refractivity contribution in [3.05, 3.63) is 40.0 Å². The predicted octanol–water partition coefficient (Wildman–Crippen LogP) is 3.59. The van der Waals surface area contributed by atoms with Gasteiger partial charge in [-0.15, -0.1) is 10.2 Å². The average molecular weight is 271 g/mol. The van der Waals surface area contributed by atoms with E-state index >= 15 is 0 Å². The fourth-order valence-electron chi connectivity index (χ4n) is 1.26. The average Bonchev–Trinajstić information content (AvgIpc) is 2.26. The molecule has 1 aromatic heterocycles. The van der Waals surface area contributed by atoms with Crippen LogP contribution in [-0.4, -0.2) is 15.3 Å². The number of hydrogen-bond acceptors (Lipinski definition) is 4. The Morgan fingerprint density at radius 1 is 1.24 bits per heavy atom. The first-order chi connectivity index (χ1) is 8.08. The Labute approximate surface area is 108 Å². The van der Waals surface area contributed by atoms with Gasteiger partial charge in [-0.1, -0.05) is 35.3 Å². The molecule has 0 saturated carbocycles. The molecule has 0 radical (unpaired) electrons. The molecule has 0 amide bonds. The maximum atomic E-state index is 9.58. The number of halogens is 2. The maximum absolute atomic E-state index is 9.58. The third-order valence-corrected chi connectivity index (χ3v) is 2.56. The lowest BCUT2D eigenvalue weighted by Crippen LogP contribution is -1.93. The van der Waals surface area contributed by atoms with Gasteiger partial charge in [0, 0.05) is 6.07 Å². The van der Waals surface area contributed by atoms with Crippen molar-refractivity contribution in [2.75, 3.05) is 0 Å². The fraction of sp³-hybridized carbons (Fsp3) is 0.0909. The highest BCUT2D eigenvalue weighted by Crippen LogP contribution is 2.35. The summed E-state index contributed by atoms with van der Waals surface area (Å²) in [6, 6.07) is 6.57. The van der Waals surface area contributed by atoms with Gasteiger partial charge in [-0.3, -0.25) is 0 Å². The van der Waals surface area contributed by atoms with E-state index in [0.29, 0.717) is 10.8 Å². The molecule has 0 fully saturated rings. The van der Waals surface area contributed by atoms with Gasteiger partial charge in [-0.2, -0.15) is 0 Å². The van der Waals surface area contributed by atoms with Gasteiger partial charge in [0.1, 0.15) is 0 Å². The van der Waals surface area contributed by atoms with Crippen LogP contribution in [0.1, 0.15) is 5.56 Å². The molecule has 2 rings (SSSR count). The van der Waals surface area contributed by atoms with Crippen molar-refractivity contribution in [3.8, 4) is 17.4 Å². The molecule has 0 aliphatic rings. The van der Waals surface area contributed by atoms with E-state index in [9.17, 15) is 5.11 Å². The second-order valence-electron chi connectivity index (χ2n) is 3.35. The number of aryl methyl sites for hydroxylation is 1. The minimum atomic E-state index is -0.190. The smallest absolute Gasteiger partial charge is 0.281 e. The molecular weight excluding hydrogens is 263 g/mol. The number of hydrogen-bond donors (Lipinski definition) is 1. The predicted molar refractivity (Wildman–Crippen MR) is 65.0 cm³/mol. The lowest BCUT2D eigenvalue weighted by atomic mass is 10.2. The first kappa shape index (κ1) is 12.0. The number of aromatic nitrogens is 2. The van der Waals surface area contributed by atoms with E-state index in [1.54, 1.807) is 12.1 Å². The Hall–Kier alpha value is -1.52. The zero-order valence-electron chi connectivity index (χ0n) is 8.82. The van der Waals surface area contributed by atoms with E-state index in [0.717, 1.165) is 5.56 Å². The van der Waals surface area contributed by atoms with Crippen molar-refractivity contribution in [2.24, 2.45) is 0 Å². The Balaban J connectivity index is 2.38. The van der Waals surface area contributed by atoms with Crippen LogP contribution in [0.4, 0.5) is 0 Å². The van der Waals surface area contributed by atoms with Crippen LogP contribution in [0.2, 0.25) is 10.2 Å². The highest BCUT2D eigenvalue weighted by atomic mass is 35.5. The van der Waals surface area contributed by atoms with E-state index in [-0.39, 0.29) is 16.8 Å². The fourth-order valence-corrected chi connectivity index (χ4v) is 1.66. The highest BCUT2D eigenvalue weighted by Gasteiger charge is 2.11. The summed E-state index contributed by atoms with van der Waals surface area (Å²) in [6.45, 7) is 1.83. The van der Waals surface area contributed by atoms with Crippen LogP contribution in [0, 0.1) is 6.92 Å². The van der Waals surface area contributed by atoms with Gasteiger partial charge in [0.25, 0.3) is 5.88 Å². The number of para-hydroxylation sites is 1. The monoisotopic (exact) mass is 270 g/mol. The molecule has 4 nitrogen and oxygen atoms in total. The van der Waals surface area contributed by atoms with Gasteiger partial charge in [0.05, 0.1) is 5.02 Å². The van der Waals surface area contributed by atoms with Gasteiger partial charge in [0.2, 0.25) is 0 Å². The van der Waals surface area contributed by atoms with Crippen LogP contribution in [0.5, 0.6) is 17.4 Å². The molecule has 0 unspecified atom stereocenters. The normalized spacial score (nSPS) is 10.3. The SMILES string of the molecule is Cc1cccc(Cl)c1Oc1nnc(Cl)cc1O. The number of benzene rings is 1. The Kier molecular flexibility index (Phi) is 3.36. The molecule has 6 heteroatoms. The summed E-state index contributed by atoms with van der Waals surface area (Å²) >= 11 is 11.5. The van der Waals surface area contributed by atoms with E-state index < -0.39 is 0 Å². The van der Waals surface area contributed by atoms with Crippen LogP contribution in [0.15, 0.2) is 24.3 Å². The minimum absolute atomic E-state index is 0.0365. The molecule has 17 heavy (non-hydrogen) atoms. The lowest BCUT2D eigenvalue weighted by molar-refractivity contribution is 0.390. The topological polar surface area (TPSA) is 55.2 Å². The lowest BCUT2D eigenvalue weighted by Gasteiger charge is -2.09. The number of rotatable bonds is 2. The Morgan fingerprint density at radius 3 is 2.65 bits per heavy atom. The maximum Gasteiger partial charge on any atom is 0.281 e. The summed E-state index contributed by atoms with van der Waals surface area (Å²) in [4.78, 5) is 0. The molecule has 1 N–H and O–H groups in total. The molecule has 0 aliphatic carbocycles. The largest absolute Gasteiger partial charge is 0.503 e. The van der Waals surface area contributed by atoms with Crippen LogP contribution in [0.3, 0.4) is 0 Å². The van der Waals surface area contributed by atoms with Gasteiger partial charge in [-0.25, -0.2) is 0 Å². The van der Waals surface area contributed by atoms with Crippen LogP contribution in [0.25, 0.3) is 0 Å². The summed E-state index contributed by atoms with van der Waals surface area (Å²) in [6.07, 6.45) is 0. The van der Waals surface area contributed by atoms with Gasteiger partial charge < -0.3 is 9.84 Å². The van der Waals surface area contributed by atoms with Crippen LogP contribution >= 0.6 is 23.2 Å². The van der Waals surface area contributed by atoms with Gasteiger partial charge in [0.15, 0.2) is 16.7 Å².